The van der Waals surface area contributed by atoms with Crippen LogP contribution in [0.2, 0.25) is 0 Å². The van der Waals surface area contributed by atoms with Crippen LogP contribution in [0.3, 0.4) is 0 Å². The second-order valence-electron chi connectivity index (χ2n) is 10.5. The van der Waals surface area contributed by atoms with E-state index in [1.807, 2.05) is 6.07 Å². The van der Waals surface area contributed by atoms with E-state index in [-0.39, 0.29) is 22.7 Å². The summed E-state index contributed by atoms with van der Waals surface area (Å²) in [6.07, 6.45) is 4.37. The summed E-state index contributed by atoms with van der Waals surface area (Å²) in [4.78, 5) is 2.43. The summed E-state index contributed by atoms with van der Waals surface area (Å²) in [6, 6.07) is 3.34. The van der Waals surface area contributed by atoms with Crippen LogP contribution in [0, 0.1) is 5.82 Å². The number of hydrogen-bond acceptors (Lipinski definition) is 5. The van der Waals surface area contributed by atoms with Crippen molar-refractivity contribution in [1.29, 1.82) is 0 Å². The molecule has 0 radical (unpaired) electrons. The first-order valence-corrected chi connectivity index (χ1v) is 13.1. The number of likely N-dealkylation sites (tertiary alicyclic amines) is 1. The summed E-state index contributed by atoms with van der Waals surface area (Å²) in [7, 11) is -3.36. The number of ether oxygens (including phenoxy) is 2. The van der Waals surface area contributed by atoms with E-state index in [0.29, 0.717) is 30.1 Å². The molecule has 2 aliphatic carbocycles. The molecule has 3 atom stereocenters. The first-order chi connectivity index (χ1) is 14.6. The second-order valence-corrected chi connectivity index (χ2v) is 12.5. The molecule has 0 amide bonds. The first-order valence-electron chi connectivity index (χ1n) is 11.5. The van der Waals surface area contributed by atoms with E-state index < -0.39 is 22.4 Å². The van der Waals surface area contributed by atoms with Crippen molar-refractivity contribution >= 4 is 10.0 Å². The molecule has 0 bridgehead atoms. The van der Waals surface area contributed by atoms with Crippen LogP contribution < -0.4 is 9.46 Å². The Bertz CT molecular complexity index is 953. The first kappa shape index (κ1) is 21.6. The molecule has 2 unspecified atom stereocenters. The SMILES string of the molecule is CC(C)(C)N1CCC[C@@H](Oc2cc(F)c(C3OC3NS(=O)(=O)C3CC3)cc2C2CC2)C1. The van der Waals surface area contributed by atoms with E-state index in [2.05, 4.69) is 30.4 Å². The topological polar surface area (TPSA) is 71.2 Å². The lowest BCUT2D eigenvalue weighted by molar-refractivity contribution is 0.0341. The second kappa shape index (κ2) is 7.68. The van der Waals surface area contributed by atoms with E-state index in [9.17, 15) is 8.42 Å². The van der Waals surface area contributed by atoms with Gasteiger partial charge in [0.2, 0.25) is 10.0 Å². The van der Waals surface area contributed by atoms with Crippen LogP contribution in [0.5, 0.6) is 5.75 Å². The Morgan fingerprint density at radius 1 is 1.13 bits per heavy atom. The Balaban J connectivity index is 1.31. The molecule has 2 heterocycles. The van der Waals surface area contributed by atoms with Gasteiger partial charge in [-0.2, -0.15) is 4.72 Å². The molecule has 4 aliphatic rings. The summed E-state index contributed by atoms with van der Waals surface area (Å²) < 4.78 is 53.8. The molecule has 1 N–H and O–H groups in total. The lowest BCUT2D eigenvalue weighted by atomic mass is 9.99. The maximum Gasteiger partial charge on any atom is 0.216 e. The van der Waals surface area contributed by atoms with Crippen molar-refractivity contribution in [3.63, 3.8) is 0 Å². The van der Waals surface area contributed by atoms with Crippen molar-refractivity contribution in [3.05, 3.63) is 29.1 Å². The fourth-order valence-corrected chi connectivity index (χ4v) is 5.97. The third kappa shape index (κ3) is 4.77. The molecular weight excluding hydrogens is 419 g/mol. The van der Waals surface area contributed by atoms with E-state index >= 15 is 4.39 Å². The summed E-state index contributed by atoms with van der Waals surface area (Å²) in [6.45, 7) is 8.53. The minimum atomic E-state index is -3.36. The number of nitrogens with one attached hydrogen (secondary N) is 1. The number of piperidine rings is 1. The molecule has 31 heavy (non-hydrogen) atoms. The van der Waals surface area contributed by atoms with Crippen molar-refractivity contribution in [2.75, 3.05) is 13.1 Å². The highest BCUT2D eigenvalue weighted by atomic mass is 32.2. The molecule has 1 aromatic carbocycles. The summed E-state index contributed by atoms with van der Waals surface area (Å²) >= 11 is 0. The van der Waals surface area contributed by atoms with Gasteiger partial charge in [-0.1, -0.05) is 0 Å². The molecule has 2 saturated carbocycles. The minimum absolute atomic E-state index is 0.0472. The maximum absolute atomic E-state index is 15.1. The highest BCUT2D eigenvalue weighted by Gasteiger charge is 2.48. The highest BCUT2D eigenvalue weighted by Crippen LogP contribution is 2.48. The molecule has 8 heteroatoms. The Kier molecular flexibility index (Phi) is 5.35. The van der Waals surface area contributed by atoms with Gasteiger partial charge in [0.25, 0.3) is 0 Å². The fourth-order valence-electron chi connectivity index (χ4n) is 4.52. The van der Waals surface area contributed by atoms with Crippen LogP contribution in [0.25, 0.3) is 0 Å². The van der Waals surface area contributed by atoms with Crippen molar-refractivity contribution in [3.8, 4) is 5.75 Å². The van der Waals surface area contributed by atoms with Crippen molar-refractivity contribution < 1.29 is 22.3 Å². The van der Waals surface area contributed by atoms with E-state index in [1.54, 1.807) is 0 Å². The largest absolute Gasteiger partial charge is 0.489 e. The summed E-state index contributed by atoms with van der Waals surface area (Å²) in [5.41, 5.74) is 1.55. The van der Waals surface area contributed by atoms with E-state index in [1.165, 1.54) is 6.07 Å². The lowest BCUT2D eigenvalue weighted by Gasteiger charge is -2.41. The molecule has 4 fully saturated rings. The van der Waals surface area contributed by atoms with Gasteiger partial charge in [0.15, 0.2) is 6.23 Å². The third-order valence-electron chi connectivity index (χ3n) is 6.81. The highest BCUT2D eigenvalue weighted by molar-refractivity contribution is 7.90. The fraction of sp³-hybridized carbons (Fsp3) is 0.739. The van der Waals surface area contributed by atoms with Gasteiger partial charge in [-0.25, -0.2) is 12.8 Å². The van der Waals surface area contributed by atoms with Crippen molar-refractivity contribution in [2.24, 2.45) is 0 Å². The van der Waals surface area contributed by atoms with Gasteiger partial charge in [-0.3, -0.25) is 4.90 Å². The van der Waals surface area contributed by atoms with Gasteiger partial charge in [0, 0.05) is 23.7 Å². The Hall–Kier alpha value is -1.22. The quantitative estimate of drug-likeness (QED) is 0.637. The molecule has 1 aromatic rings. The molecule has 6 nitrogen and oxygen atoms in total. The monoisotopic (exact) mass is 452 g/mol. The van der Waals surface area contributed by atoms with Crippen LogP contribution >= 0.6 is 0 Å². The lowest BCUT2D eigenvalue weighted by Crippen LogP contribution is -2.50. The normalized spacial score (nSPS) is 29.7. The Morgan fingerprint density at radius 2 is 1.87 bits per heavy atom. The Morgan fingerprint density at radius 3 is 2.52 bits per heavy atom. The molecule has 0 spiro atoms. The molecule has 2 aliphatic heterocycles. The molecule has 2 saturated heterocycles. The zero-order valence-electron chi connectivity index (χ0n) is 18.6. The number of benzene rings is 1. The van der Waals surface area contributed by atoms with Crippen LogP contribution in [0.1, 0.15) is 82.4 Å². The zero-order valence-corrected chi connectivity index (χ0v) is 19.4. The van der Waals surface area contributed by atoms with Crippen LogP contribution in [-0.2, 0) is 14.8 Å². The predicted molar refractivity (Wildman–Crippen MR) is 116 cm³/mol. The van der Waals surface area contributed by atoms with Gasteiger partial charge in [-0.15, -0.1) is 0 Å². The molecule has 0 aromatic heterocycles. The van der Waals surface area contributed by atoms with Crippen LogP contribution in [0.4, 0.5) is 4.39 Å². The average molecular weight is 453 g/mol. The predicted octanol–water partition coefficient (Wildman–Crippen LogP) is 3.82. The number of rotatable bonds is 7. The van der Waals surface area contributed by atoms with E-state index in [4.69, 9.17) is 9.47 Å². The number of hydrogen-bond donors (Lipinski definition) is 1. The van der Waals surface area contributed by atoms with Gasteiger partial charge in [0.05, 0.1) is 5.25 Å². The van der Waals surface area contributed by atoms with E-state index in [0.717, 1.165) is 44.3 Å². The molecular formula is C23H33FN2O4S. The zero-order chi connectivity index (χ0) is 22.0. The number of epoxide rings is 1. The molecule has 172 valence electrons. The standard InChI is InChI=1S/C23H33FN2O4S/c1-23(2,3)26-10-4-5-15(13-26)29-20-12-19(24)18(11-17(20)14-6-7-14)21-22(30-21)25-31(27,28)16-8-9-16/h11-12,14-16,21-22,25H,4-10,13H2,1-3H3/t15-,21?,22?/m1/s1. The van der Waals surface area contributed by atoms with Gasteiger partial charge < -0.3 is 9.47 Å². The van der Waals surface area contributed by atoms with Gasteiger partial charge in [-0.05, 0) is 83.4 Å². The smallest absolute Gasteiger partial charge is 0.216 e. The van der Waals surface area contributed by atoms with Crippen LogP contribution in [0.15, 0.2) is 12.1 Å². The van der Waals surface area contributed by atoms with Crippen molar-refractivity contribution in [2.45, 2.75) is 94.4 Å². The van der Waals surface area contributed by atoms with Crippen molar-refractivity contribution in [1.82, 2.24) is 9.62 Å². The number of nitrogens with zero attached hydrogens (tertiary/aromatic N) is 1. The third-order valence-corrected chi connectivity index (χ3v) is 8.72. The minimum Gasteiger partial charge on any atom is -0.489 e. The molecule has 5 rings (SSSR count). The Labute approximate surface area is 184 Å². The number of halogens is 1. The average Bonchev–Trinajstić information content (AvgIpc) is 3.51. The van der Waals surface area contributed by atoms with Gasteiger partial charge in [0.1, 0.15) is 23.8 Å². The number of sulfonamides is 1. The summed E-state index contributed by atoms with van der Waals surface area (Å²) in [5, 5.41) is -0.317. The van der Waals surface area contributed by atoms with Crippen LogP contribution in [-0.4, -0.2) is 49.5 Å². The maximum atomic E-state index is 15.1. The summed E-state index contributed by atoms with van der Waals surface area (Å²) in [5.74, 6) is 0.637. The van der Waals surface area contributed by atoms with Gasteiger partial charge >= 0.3 is 0 Å².